The van der Waals surface area contributed by atoms with Crippen molar-refractivity contribution in [2.45, 2.75) is 25.3 Å². The first-order chi connectivity index (χ1) is 12.6. The molecule has 2 aromatic carbocycles. The van der Waals surface area contributed by atoms with Crippen molar-refractivity contribution in [3.05, 3.63) is 53.6 Å². The van der Waals surface area contributed by atoms with E-state index in [1.165, 1.54) is 0 Å². The summed E-state index contributed by atoms with van der Waals surface area (Å²) >= 11 is 0. The van der Waals surface area contributed by atoms with Gasteiger partial charge >= 0.3 is 0 Å². The molecule has 0 spiro atoms. The molecule has 1 heterocycles. The standard InChI is InChI=1S/C20H22N2O4/c1-25-17-9-5-7-13(19(17)26-2)10-11-18(23)21-16-12-14-6-3-4-8-15(14)22-20(16)24/h3-9,16H,10-12H2,1-2H3,(H,21,23)(H,22,24). The molecule has 26 heavy (non-hydrogen) atoms. The van der Waals surface area contributed by atoms with Crippen LogP contribution >= 0.6 is 0 Å². The van der Waals surface area contributed by atoms with Gasteiger partial charge in [0.25, 0.3) is 0 Å². The summed E-state index contributed by atoms with van der Waals surface area (Å²) in [6, 6.07) is 12.6. The molecule has 2 amide bonds. The molecule has 6 nitrogen and oxygen atoms in total. The minimum absolute atomic E-state index is 0.172. The Balaban J connectivity index is 1.61. The molecule has 1 unspecified atom stereocenters. The number of ether oxygens (including phenoxy) is 2. The third-order valence-corrected chi connectivity index (χ3v) is 4.46. The first kappa shape index (κ1) is 17.8. The number of nitrogens with one attached hydrogen (secondary N) is 2. The van der Waals surface area contributed by atoms with E-state index in [1.54, 1.807) is 14.2 Å². The largest absolute Gasteiger partial charge is 0.493 e. The van der Waals surface area contributed by atoms with Gasteiger partial charge in [-0.2, -0.15) is 0 Å². The lowest BCUT2D eigenvalue weighted by Gasteiger charge is -2.25. The molecular weight excluding hydrogens is 332 g/mol. The molecule has 2 aromatic rings. The Bertz CT molecular complexity index is 819. The Hall–Kier alpha value is -3.02. The van der Waals surface area contributed by atoms with E-state index in [0.29, 0.717) is 24.3 Å². The predicted molar refractivity (Wildman–Crippen MR) is 98.6 cm³/mol. The molecule has 136 valence electrons. The number of anilines is 1. The lowest BCUT2D eigenvalue weighted by atomic mass is 9.98. The van der Waals surface area contributed by atoms with Gasteiger partial charge in [-0.05, 0) is 29.7 Å². The Morgan fingerprint density at radius 1 is 1.15 bits per heavy atom. The Morgan fingerprint density at radius 3 is 2.73 bits per heavy atom. The molecule has 0 fully saturated rings. The number of methoxy groups -OCH3 is 2. The van der Waals surface area contributed by atoms with Gasteiger partial charge in [-0.3, -0.25) is 9.59 Å². The van der Waals surface area contributed by atoms with Gasteiger partial charge in [0, 0.05) is 18.5 Å². The molecule has 3 rings (SSSR count). The van der Waals surface area contributed by atoms with Crippen LogP contribution in [0.15, 0.2) is 42.5 Å². The number of carbonyl (C=O) groups is 2. The summed E-state index contributed by atoms with van der Waals surface area (Å²) < 4.78 is 10.7. The second kappa shape index (κ2) is 7.91. The summed E-state index contributed by atoms with van der Waals surface area (Å²) in [4.78, 5) is 24.5. The smallest absolute Gasteiger partial charge is 0.247 e. The SMILES string of the molecule is COc1cccc(CCC(=O)NC2Cc3ccccc3NC2=O)c1OC. The van der Waals surface area contributed by atoms with E-state index < -0.39 is 6.04 Å². The van der Waals surface area contributed by atoms with Crippen molar-refractivity contribution < 1.29 is 19.1 Å². The lowest BCUT2D eigenvalue weighted by molar-refractivity contribution is -0.126. The summed E-state index contributed by atoms with van der Waals surface area (Å²) in [7, 11) is 3.15. The van der Waals surface area contributed by atoms with Crippen molar-refractivity contribution in [2.75, 3.05) is 19.5 Å². The number of fused-ring (bicyclic) bond motifs is 1. The van der Waals surface area contributed by atoms with E-state index in [1.807, 2.05) is 42.5 Å². The number of aryl methyl sites for hydroxylation is 1. The van der Waals surface area contributed by atoms with Gasteiger partial charge in [0.2, 0.25) is 11.8 Å². The molecule has 0 radical (unpaired) electrons. The second-order valence-corrected chi connectivity index (χ2v) is 6.12. The molecule has 1 aliphatic heterocycles. The normalized spacial score (nSPS) is 15.6. The summed E-state index contributed by atoms with van der Waals surface area (Å²) in [5, 5.41) is 5.66. The van der Waals surface area contributed by atoms with Crippen LogP contribution in [0, 0.1) is 0 Å². The molecule has 0 bridgehead atoms. The number of para-hydroxylation sites is 2. The Morgan fingerprint density at radius 2 is 1.96 bits per heavy atom. The summed E-state index contributed by atoms with van der Waals surface area (Å²) in [5.41, 5.74) is 2.72. The summed E-state index contributed by atoms with van der Waals surface area (Å²) in [6.07, 6.45) is 1.25. The van der Waals surface area contributed by atoms with Crippen LogP contribution in [0.2, 0.25) is 0 Å². The van der Waals surface area contributed by atoms with E-state index in [0.717, 1.165) is 16.8 Å². The van der Waals surface area contributed by atoms with Gasteiger partial charge in [-0.15, -0.1) is 0 Å². The zero-order valence-electron chi connectivity index (χ0n) is 14.9. The number of hydrogen-bond acceptors (Lipinski definition) is 4. The van der Waals surface area contributed by atoms with Gasteiger partial charge in [0.1, 0.15) is 6.04 Å². The van der Waals surface area contributed by atoms with Crippen LogP contribution in [0.1, 0.15) is 17.5 Å². The molecule has 6 heteroatoms. The van der Waals surface area contributed by atoms with Crippen molar-refractivity contribution >= 4 is 17.5 Å². The molecule has 0 aliphatic carbocycles. The van der Waals surface area contributed by atoms with Crippen molar-refractivity contribution in [1.82, 2.24) is 5.32 Å². The highest BCUT2D eigenvalue weighted by Crippen LogP contribution is 2.31. The van der Waals surface area contributed by atoms with Gasteiger partial charge in [0.15, 0.2) is 11.5 Å². The third-order valence-electron chi connectivity index (χ3n) is 4.46. The van der Waals surface area contributed by atoms with E-state index in [2.05, 4.69) is 10.6 Å². The van der Waals surface area contributed by atoms with Crippen LogP contribution in [0.25, 0.3) is 0 Å². The van der Waals surface area contributed by atoms with Crippen LogP contribution in [0.5, 0.6) is 11.5 Å². The summed E-state index contributed by atoms with van der Waals surface area (Å²) in [6.45, 7) is 0. The number of amides is 2. The van der Waals surface area contributed by atoms with Crippen LogP contribution in [0.4, 0.5) is 5.69 Å². The van der Waals surface area contributed by atoms with E-state index >= 15 is 0 Å². The first-order valence-corrected chi connectivity index (χ1v) is 8.50. The molecule has 0 saturated carbocycles. The van der Waals surface area contributed by atoms with Crippen LogP contribution in [-0.2, 0) is 22.4 Å². The van der Waals surface area contributed by atoms with E-state index in [4.69, 9.17) is 9.47 Å². The van der Waals surface area contributed by atoms with Gasteiger partial charge in [-0.25, -0.2) is 0 Å². The lowest BCUT2D eigenvalue weighted by Crippen LogP contribution is -2.47. The quantitative estimate of drug-likeness (QED) is 0.835. The molecule has 0 aromatic heterocycles. The number of carbonyl (C=O) groups excluding carboxylic acids is 2. The number of benzene rings is 2. The maximum Gasteiger partial charge on any atom is 0.247 e. The van der Waals surface area contributed by atoms with Crippen molar-refractivity contribution in [1.29, 1.82) is 0 Å². The maximum atomic E-state index is 12.3. The highest BCUT2D eigenvalue weighted by Gasteiger charge is 2.27. The van der Waals surface area contributed by atoms with Gasteiger partial charge in [-0.1, -0.05) is 30.3 Å². The summed E-state index contributed by atoms with van der Waals surface area (Å²) in [5.74, 6) is 0.909. The monoisotopic (exact) mass is 354 g/mol. The number of rotatable bonds is 6. The van der Waals surface area contributed by atoms with Crippen molar-refractivity contribution in [3.8, 4) is 11.5 Å². The van der Waals surface area contributed by atoms with Crippen molar-refractivity contribution in [2.24, 2.45) is 0 Å². The molecule has 1 atom stereocenters. The minimum Gasteiger partial charge on any atom is -0.493 e. The molecular formula is C20H22N2O4. The fraction of sp³-hybridized carbons (Fsp3) is 0.300. The highest BCUT2D eigenvalue weighted by molar-refractivity contribution is 6.00. The molecule has 2 N–H and O–H groups in total. The first-order valence-electron chi connectivity index (χ1n) is 8.50. The average Bonchev–Trinajstić information content (AvgIpc) is 2.66. The van der Waals surface area contributed by atoms with Crippen LogP contribution in [-0.4, -0.2) is 32.1 Å². The van der Waals surface area contributed by atoms with Gasteiger partial charge < -0.3 is 20.1 Å². The number of hydrogen-bond donors (Lipinski definition) is 2. The Kier molecular flexibility index (Phi) is 5.41. The highest BCUT2D eigenvalue weighted by atomic mass is 16.5. The second-order valence-electron chi connectivity index (χ2n) is 6.12. The minimum atomic E-state index is -0.551. The molecule has 1 aliphatic rings. The van der Waals surface area contributed by atoms with E-state index in [9.17, 15) is 9.59 Å². The fourth-order valence-electron chi connectivity index (χ4n) is 3.13. The predicted octanol–water partition coefficient (Wildman–Crippen LogP) is 2.32. The van der Waals surface area contributed by atoms with Crippen molar-refractivity contribution in [3.63, 3.8) is 0 Å². The van der Waals surface area contributed by atoms with Gasteiger partial charge in [0.05, 0.1) is 14.2 Å². The fourth-order valence-corrected chi connectivity index (χ4v) is 3.13. The molecule has 0 saturated heterocycles. The topological polar surface area (TPSA) is 76.7 Å². The van der Waals surface area contributed by atoms with Crippen LogP contribution in [0.3, 0.4) is 0 Å². The maximum absolute atomic E-state index is 12.3. The zero-order valence-corrected chi connectivity index (χ0v) is 14.9. The third kappa shape index (κ3) is 3.79. The van der Waals surface area contributed by atoms with Crippen LogP contribution < -0.4 is 20.1 Å². The van der Waals surface area contributed by atoms with E-state index in [-0.39, 0.29) is 18.2 Å². The zero-order chi connectivity index (χ0) is 18.5. The Labute approximate surface area is 152 Å². The average molecular weight is 354 g/mol.